The van der Waals surface area contributed by atoms with Crippen LogP contribution in [0.5, 0.6) is 0 Å². The first-order valence-corrected chi connectivity index (χ1v) is 12.0. The first-order chi connectivity index (χ1) is 14.4. The lowest BCUT2D eigenvalue weighted by Gasteiger charge is -2.58. The van der Waals surface area contributed by atoms with E-state index in [1.807, 2.05) is 55.4 Å². The second-order valence-corrected chi connectivity index (χ2v) is 12.5. The number of rotatable bonds is 7. The summed E-state index contributed by atoms with van der Waals surface area (Å²) in [6.45, 7) is 16.1. The van der Waals surface area contributed by atoms with Crippen molar-refractivity contribution in [2.45, 2.75) is 141 Å². The molecule has 2 fully saturated rings. The topological polar surface area (TPSA) is 110 Å². The zero-order valence-corrected chi connectivity index (χ0v) is 21.4. The van der Waals surface area contributed by atoms with Crippen molar-refractivity contribution in [1.29, 1.82) is 0 Å². The summed E-state index contributed by atoms with van der Waals surface area (Å²) in [6, 6.07) is -0.0391. The van der Waals surface area contributed by atoms with Crippen LogP contribution in [0.4, 0.5) is 0 Å². The molecule has 0 saturated carbocycles. The second kappa shape index (κ2) is 9.20. The molecule has 0 aromatic rings. The Morgan fingerprint density at radius 2 is 1.06 bits per heavy atom. The van der Waals surface area contributed by atoms with Crippen LogP contribution in [0, 0.1) is 0 Å². The Bertz CT molecular complexity index is 626. The number of nitrogens with two attached hydrogens (primary N) is 1. The summed E-state index contributed by atoms with van der Waals surface area (Å²) in [5, 5.41) is 24.5. The third-order valence-corrected chi connectivity index (χ3v) is 7.37. The maximum atomic E-state index is 13.7. The molecule has 0 unspecified atom stereocenters. The zero-order chi connectivity index (χ0) is 24.7. The van der Waals surface area contributed by atoms with Crippen molar-refractivity contribution in [2.75, 3.05) is 0 Å². The van der Waals surface area contributed by atoms with Gasteiger partial charge in [0.15, 0.2) is 0 Å². The van der Waals surface area contributed by atoms with Crippen molar-refractivity contribution >= 4 is 11.8 Å². The van der Waals surface area contributed by atoms with Gasteiger partial charge in [-0.15, -0.1) is 0 Å². The number of nitrogens with zero attached hydrogens (tertiary/aromatic N) is 3. The van der Waals surface area contributed by atoms with Gasteiger partial charge < -0.3 is 21.0 Å². The highest BCUT2D eigenvalue weighted by molar-refractivity contribution is 5.77. The van der Waals surface area contributed by atoms with Gasteiger partial charge in [-0.2, -0.15) is 10.1 Å². The molecule has 2 aliphatic rings. The number of hydrogen-bond acceptors (Lipinski definition) is 6. The van der Waals surface area contributed by atoms with Crippen molar-refractivity contribution in [3.8, 4) is 0 Å². The summed E-state index contributed by atoms with van der Waals surface area (Å²) >= 11 is 0. The molecule has 0 aliphatic carbocycles. The molecular weight excluding hydrogens is 408 g/mol. The van der Waals surface area contributed by atoms with E-state index in [-0.39, 0.29) is 23.9 Å². The number of amides is 2. The highest BCUT2D eigenvalue weighted by Crippen LogP contribution is 2.44. The maximum absolute atomic E-state index is 13.7. The fraction of sp³-hybridized carbons (Fsp3) is 0.917. The van der Waals surface area contributed by atoms with Crippen LogP contribution in [-0.2, 0) is 9.59 Å². The Labute approximate surface area is 194 Å². The van der Waals surface area contributed by atoms with Crippen molar-refractivity contribution in [3.05, 3.63) is 0 Å². The van der Waals surface area contributed by atoms with Gasteiger partial charge in [0.2, 0.25) is 11.8 Å². The molecule has 0 spiro atoms. The van der Waals surface area contributed by atoms with E-state index in [1.54, 1.807) is 0 Å². The van der Waals surface area contributed by atoms with Crippen molar-refractivity contribution in [1.82, 2.24) is 15.0 Å². The smallest absolute Gasteiger partial charge is 0.223 e. The van der Waals surface area contributed by atoms with E-state index in [0.717, 1.165) is 0 Å². The van der Waals surface area contributed by atoms with Gasteiger partial charge >= 0.3 is 0 Å². The monoisotopic (exact) mass is 454 g/mol. The van der Waals surface area contributed by atoms with Crippen molar-refractivity contribution in [3.63, 3.8) is 0 Å². The average molecular weight is 455 g/mol. The molecule has 0 radical (unpaired) electrons. The van der Waals surface area contributed by atoms with Crippen LogP contribution >= 0.6 is 0 Å². The summed E-state index contributed by atoms with van der Waals surface area (Å²) in [5.41, 5.74) is 3.37. The van der Waals surface area contributed by atoms with E-state index < -0.39 is 22.2 Å². The first-order valence-electron chi connectivity index (χ1n) is 12.0. The highest BCUT2D eigenvalue weighted by Gasteiger charge is 2.52. The minimum absolute atomic E-state index is 0.0196. The number of hydrogen-bond donors (Lipinski definition) is 3. The van der Waals surface area contributed by atoms with Crippen molar-refractivity contribution < 1.29 is 20.0 Å². The van der Waals surface area contributed by atoms with Crippen LogP contribution in [0.25, 0.3) is 0 Å². The Balaban J connectivity index is 2.35. The summed E-state index contributed by atoms with van der Waals surface area (Å²) < 4.78 is 0. The van der Waals surface area contributed by atoms with Gasteiger partial charge in [0.25, 0.3) is 0 Å². The van der Waals surface area contributed by atoms with Gasteiger partial charge in [-0.05, 0) is 93.9 Å². The van der Waals surface area contributed by atoms with Gasteiger partial charge in [0.1, 0.15) is 0 Å². The van der Waals surface area contributed by atoms with E-state index in [4.69, 9.17) is 5.73 Å². The average Bonchev–Trinajstić information content (AvgIpc) is 2.60. The molecule has 8 nitrogen and oxygen atoms in total. The predicted octanol–water partition coefficient (Wildman–Crippen LogP) is 3.68. The number of carbonyl (C=O) groups excluding carboxylic acids is 2. The molecule has 0 aromatic carbocycles. The number of carbonyl (C=O) groups is 2. The van der Waals surface area contributed by atoms with E-state index in [1.165, 1.54) is 10.1 Å². The van der Waals surface area contributed by atoms with Crippen LogP contribution in [-0.4, -0.2) is 71.5 Å². The summed E-state index contributed by atoms with van der Waals surface area (Å²) in [7, 11) is 0. The van der Waals surface area contributed by atoms with Crippen LogP contribution in [0.15, 0.2) is 0 Å². The molecule has 4 N–H and O–H groups in total. The zero-order valence-electron chi connectivity index (χ0n) is 21.4. The molecule has 2 rings (SSSR count). The molecule has 2 saturated heterocycles. The molecule has 2 heterocycles. The molecule has 32 heavy (non-hydrogen) atoms. The van der Waals surface area contributed by atoms with Crippen LogP contribution < -0.4 is 5.73 Å². The normalized spacial score (nSPS) is 26.1. The standard InChI is InChI=1S/C24H46N4O4/c1-21(2)13-17(14-22(3,4)27(21)31)26(20(30)12-10-9-11-19(25)29)18-15-23(5,6)28(32)24(7,8)16-18/h17-18,31-32H,9-16H2,1-8H3,(H2,25,29). The quantitative estimate of drug-likeness (QED) is 0.506. The van der Waals surface area contributed by atoms with Gasteiger partial charge in [-0.25, -0.2) is 0 Å². The van der Waals surface area contributed by atoms with E-state index >= 15 is 0 Å². The number of unbranched alkanes of at least 4 members (excludes halogenated alkanes) is 1. The molecular formula is C24H46N4O4. The maximum Gasteiger partial charge on any atom is 0.223 e. The third kappa shape index (κ3) is 5.82. The first kappa shape index (κ1) is 27.0. The minimum Gasteiger partial charge on any atom is -0.370 e. The highest BCUT2D eigenvalue weighted by atomic mass is 16.5. The SMILES string of the molecule is CC1(C)CC(N(C(=O)CCCCC(N)=O)C2CC(C)(C)N(O)C(C)(C)C2)CC(C)(C)N1O. The number of piperidine rings is 2. The molecule has 2 amide bonds. The fourth-order valence-electron chi connectivity index (χ4n) is 6.24. The molecule has 2 aliphatic heterocycles. The Morgan fingerprint density at radius 1 is 0.750 bits per heavy atom. The van der Waals surface area contributed by atoms with Gasteiger partial charge in [-0.3, -0.25) is 9.59 Å². The second-order valence-electron chi connectivity index (χ2n) is 12.5. The van der Waals surface area contributed by atoms with Gasteiger partial charge in [-0.1, -0.05) is 0 Å². The molecule has 0 bridgehead atoms. The molecule has 8 heteroatoms. The number of hydroxylamine groups is 4. The predicted molar refractivity (Wildman–Crippen MR) is 124 cm³/mol. The van der Waals surface area contributed by atoms with E-state index in [2.05, 4.69) is 4.90 Å². The van der Waals surface area contributed by atoms with Crippen molar-refractivity contribution in [2.24, 2.45) is 5.73 Å². The third-order valence-electron chi connectivity index (χ3n) is 7.37. The summed E-state index contributed by atoms with van der Waals surface area (Å²) in [5.74, 6) is -0.257. The molecule has 0 aromatic heterocycles. The lowest BCUT2D eigenvalue weighted by Crippen LogP contribution is -2.68. The lowest BCUT2D eigenvalue weighted by molar-refractivity contribution is -0.265. The van der Waals surface area contributed by atoms with E-state index in [0.29, 0.717) is 51.4 Å². The lowest BCUT2D eigenvalue weighted by atomic mass is 9.74. The van der Waals surface area contributed by atoms with E-state index in [9.17, 15) is 20.0 Å². The fourth-order valence-corrected chi connectivity index (χ4v) is 6.24. The summed E-state index contributed by atoms with van der Waals surface area (Å²) in [6.07, 6.45) is 4.55. The van der Waals surface area contributed by atoms with Crippen LogP contribution in [0.1, 0.15) is 107 Å². The Morgan fingerprint density at radius 3 is 1.38 bits per heavy atom. The molecule has 186 valence electrons. The number of primary amides is 1. The Kier molecular flexibility index (Phi) is 7.77. The largest absolute Gasteiger partial charge is 0.370 e. The van der Waals surface area contributed by atoms with Crippen LogP contribution in [0.2, 0.25) is 0 Å². The van der Waals surface area contributed by atoms with Crippen LogP contribution in [0.3, 0.4) is 0 Å². The summed E-state index contributed by atoms with van der Waals surface area (Å²) in [4.78, 5) is 26.8. The Hall–Kier alpha value is -1.22. The minimum atomic E-state index is -0.473. The molecule has 0 atom stereocenters. The van der Waals surface area contributed by atoms with Gasteiger partial charge in [0.05, 0.1) is 0 Å². The van der Waals surface area contributed by atoms with Gasteiger partial charge in [0, 0.05) is 47.1 Å².